The monoisotopic (exact) mass is 603 g/mol. The molecule has 0 N–H and O–H groups in total. The van der Waals surface area contributed by atoms with Crippen molar-refractivity contribution >= 4 is 56.5 Å². The molecule has 162 valence electrons. The number of esters is 1. The number of carbonyl (C=O) groups is 1. The molecule has 1 aliphatic rings. The normalized spacial score (nSPS) is 14.3. The zero-order chi connectivity index (χ0) is 22.7. The van der Waals surface area contributed by atoms with Crippen LogP contribution in [0, 0.1) is 10.5 Å². The first-order valence-electron chi connectivity index (χ1n) is 9.77. The highest BCUT2D eigenvalue weighted by atomic mass is 127. The first-order chi connectivity index (χ1) is 15.4. The van der Waals surface area contributed by atoms with E-state index in [1.165, 1.54) is 5.56 Å². The minimum atomic E-state index is -0.492. The van der Waals surface area contributed by atoms with Crippen LogP contribution in [0.3, 0.4) is 0 Å². The SMILES string of the molecule is COc1cc(/C=C2\N=C(c3cccc(Br)c3)OC2=O)cc(I)c1OCc1ccc(C)cc1. The van der Waals surface area contributed by atoms with E-state index in [1.807, 2.05) is 48.5 Å². The minimum Gasteiger partial charge on any atom is -0.493 e. The third kappa shape index (κ3) is 5.21. The lowest BCUT2D eigenvalue weighted by molar-refractivity contribution is -0.129. The van der Waals surface area contributed by atoms with Gasteiger partial charge >= 0.3 is 5.97 Å². The van der Waals surface area contributed by atoms with E-state index < -0.39 is 5.97 Å². The summed E-state index contributed by atoms with van der Waals surface area (Å²) in [6.07, 6.45) is 1.68. The number of rotatable bonds is 6. The number of carbonyl (C=O) groups excluding carboxylic acids is 1. The molecule has 4 rings (SSSR count). The molecule has 0 bridgehead atoms. The maximum Gasteiger partial charge on any atom is 0.363 e. The summed E-state index contributed by atoms with van der Waals surface area (Å²) in [5, 5.41) is 0. The maximum absolute atomic E-state index is 12.4. The van der Waals surface area contributed by atoms with Gasteiger partial charge in [-0.3, -0.25) is 0 Å². The van der Waals surface area contributed by atoms with E-state index in [2.05, 4.69) is 62.6 Å². The van der Waals surface area contributed by atoms with Crippen LogP contribution in [-0.4, -0.2) is 19.0 Å². The Labute approximate surface area is 208 Å². The Morgan fingerprint density at radius 1 is 1.12 bits per heavy atom. The van der Waals surface area contributed by atoms with Crippen molar-refractivity contribution in [2.45, 2.75) is 13.5 Å². The van der Waals surface area contributed by atoms with Gasteiger partial charge in [-0.15, -0.1) is 0 Å². The summed E-state index contributed by atoms with van der Waals surface area (Å²) in [5.41, 5.74) is 3.99. The van der Waals surface area contributed by atoms with Crippen molar-refractivity contribution in [2.75, 3.05) is 7.11 Å². The van der Waals surface area contributed by atoms with Crippen LogP contribution in [0.1, 0.15) is 22.3 Å². The number of nitrogens with zero attached hydrogens (tertiary/aromatic N) is 1. The van der Waals surface area contributed by atoms with E-state index in [4.69, 9.17) is 14.2 Å². The van der Waals surface area contributed by atoms with Crippen LogP contribution in [-0.2, 0) is 16.1 Å². The summed E-state index contributed by atoms with van der Waals surface area (Å²) in [6, 6.07) is 19.4. The number of ether oxygens (including phenoxy) is 3. The molecule has 7 heteroatoms. The standard InChI is InChI=1S/C25H19BrINO4/c1-15-6-8-16(9-7-15)14-31-23-20(27)10-17(12-22(23)30-2)11-21-25(29)32-24(28-21)18-4-3-5-19(26)13-18/h3-13H,14H2,1-2H3/b21-11-. The number of aryl methyl sites for hydroxylation is 1. The number of halogens is 2. The Hall–Kier alpha value is -2.65. The molecule has 0 atom stereocenters. The zero-order valence-electron chi connectivity index (χ0n) is 17.4. The van der Waals surface area contributed by atoms with Gasteiger partial charge in [0.25, 0.3) is 0 Å². The topological polar surface area (TPSA) is 57.1 Å². The fraction of sp³-hybridized carbons (Fsp3) is 0.120. The highest BCUT2D eigenvalue weighted by Gasteiger charge is 2.24. The number of methoxy groups -OCH3 is 1. The number of hydrogen-bond donors (Lipinski definition) is 0. The van der Waals surface area contributed by atoms with Crippen molar-refractivity contribution in [3.8, 4) is 11.5 Å². The zero-order valence-corrected chi connectivity index (χ0v) is 21.1. The first-order valence-corrected chi connectivity index (χ1v) is 11.6. The molecule has 0 radical (unpaired) electrons. The molecular formula is C25H19BrINO4. The predicted octanol–water partition coefficient (Wildman–Crippen LogP) is 6.29. The van der Waals surface area contributed by atoms with Crippen LogP contribution in [0.25, 0.3) is 6.08 Å². The average Bonchev–Trinajstić information content (AvgIpc) is 3.14. The summed E-state index contributed by atoms with van der Waals surface area (Å²) in [5.74, 6) is 1.03. The van der Waals surface area contributed by atoms with Gasteiger partial charge in [0.1, 0.15) is 6.61 Å². The van der Waals surface area contributed by atoms with E-state index in [1.54, 1.807) is 13.2 Å². The molecule has 0 saturated heterocycles. The second kappa shape index (κ2) is 9.87. The Bertz CT molecular complexity index is 1240. The van der Waals surface area contributed by atoms with Crippen molar-refractivity contribution in [3.63, 3.8) is 0 Å². The van der Waals surface area contributed by atoms with E-state index in [9.17, 15) is 4.79 Å². The fourth-order valence-electron chi connectivity index (χ4n) is 3.12. The van der Waals surface area contributed by atoms with Crippen molar-refractivity contribution in [3.05, 3.63) is 96.7 Å². The van der Waals surface area contributed by atoms with Gasteiger partial charge in [-0.2, -0.15) is 0 Å². The second-order valence-corrected chi connectivity index (χ2v) is 9.23. The molecule has 1 aliphatic heterocycles. The third-order valence-electron chi connectivity index (χ3n) is 4.75. The number of benzene rings is 3. The quantitative estimate of drug-likeness (QED) is 0.189. The van der Waals surface area contributed by atoms with Crippen LogP contribution in [0.15, 0.2) is 75.8 Å². The van der Waals surface area contributed by atoms with Crippen LogP contribution < -0.4 is 9.47 Å². The van der Waals surface area contributed by atoms with Gasteiger partial charge in [-0.1, -0.05) is 51.8 Å². The lowest BCUT2D eigenvalue weighted by Gasteiger charge is -2.14. The van der Waals surface area contributed by atoms with Gasteiger partial charge in [0.15, 0.2) is 17.2 Å². The molecule has 0 aliphatic carbocycles. The number of cyclic esters (lactones) is 1. The summed E-state index contributed by atoms with van der Waals surface area (Å²) in [7, 11) is 1.59. The highest BCUT2D eigenvalue weighted by molar-refractivity contribution is 14.1. The van der Waals surface area contributed by atoms with Gasteiger partial charge in [-0.25, -0.2) is 9.79 Å². The smallest absolute Gasteiger partial charge is 0.363 e. The predicted molar refractivity (Wildman–Crippen MR) is 136 cm³/mol. The van der Waals surface area contributed by atoms with E-state index in [-0.39, 0.29) is 11.6 Å². The van der Waals surface area contributed by atoms with E-state index in [0.717, 1.165) is 24.7 Å². The maximum atomic E-state index is 12.4. The first kappa shape index (κ1) is 22.5. The van der Waals surface area contributed by atoms with Gasteiger partial charge in [0, 0.05) is 10.0 Å². The molecule has 0 aromatic heterocycles. The van der Waals surface area contributed by atoms with Crippen LogP contribution in [0.2, 0.25) is 0 Å². The molecule has 0 unspecified atom stereocenters. The summed E-state index contributed by atoms with van der Waals surface area (Å²) in [4.78, 5) is 16.7. The molecule has 0 fully saturated rings. The molecule has 0 amide bonds. The molecule has 0 saturated carbocycles. The highest BCUT2D eigenvalue weighted by Crippen LogP contribution is 2.35. The molecule has 32 heavy (non-hydrogen) atoms. The summed E-state index contributed by atoms with van der Waals surface area (Å²) >= 11 is 5.62. The molecule has 0 spiro atoms. The minimum absolute atomic E-state index is 0.228. The van der Waals surface area contributed by atoms with Crippen LogP contribution in [0.4, 0.5) is 0 Å². The van der Waals surface area contributed by atoms with Gasteiger partial charge in [0.05, 0.1) is 10.7 Å². The Morgan fingerprint density at radius 3 is 2.62 bits per heavy atom. The molecule has 3 aromatic rings. The lowest BCUT2D eigenvalue weighted by atomic mass is 10.1. The van der Waals surface area contributed by atoms with Crippen molar-refractivity contribution in [2.24, 2.45) is 4.99 Å². The average molecular weight is 604 g/mol. The van der Waals surface area contributed by atoms with Gasteiger partial charge < -0.3 is 14.2 Å². The Balaban J connectivity index is 1.59. The van der Waals surface area contributed by atoms with Gasteiger partial charge in [0.2, 0.25) is 5.90 Å². The number of aliphatic imine (C=N–C) groups is 1. The van der Waals surface area contributed by atoms with Crippen LogP contribution in [0.5, 0.6) is 11.5 Å². The van der Waals surface area contributed by atoms with Crippen LogP contribution >= 0.6 is 38.5 Å². The molecule has 1 heterocycles. The second-order valence-electron chi connectivity index (χ2n) is 7.15. The van der Waals surface area contributed by atoms with Crippen molar-refractivity contribution in [1.29, 1.82) is 0 Å². The molecule has 3 aromatic carbocycles. The summed E-state index contributed by atoms with van der Waals surface area (Å²) < 4.78 is 18.7. The molecular weight excluding hydrogens is 585 g/mol. The lowest BCUT2D eigenvalue weighted by Crippen LogP contribution is -2.05. The largest absolute Gasteiger partial charge is 0.493 e. The number of hydrogen-bond acceptors (Lipinski definition) is 5. The Kier molecular flexibility index (Phi) is 6.95. The van der Waals surface area contributed by atoms with Crippen molar-refractivity contribution < 1.29 is 19.0 Å². The van der Waals surface area contributed by atoms with Crippen molar-refractivity contribution in [1.82, 2.24) is 0 Å². The summed E-state index contributed by atoms with van der Waals surface area (Å²) in [6.45, 7) is 2.48. The van der Waals surface area contributed by atoms with Gasteiger partial charge in [-0.05, 0) is 77.0 Å². The fourth-order valence-corrected chi connectivity index (χ4v) is 4.30. The Morgan fingerprint density at radius 2 is 1.91 bits per heavy atom. The molecule has 5 nitrogen and oxygen atoms in total. The third-order valence-corrected chi connectivity index (χ3v) is 6.05. The van der Waals surface area contributed by atoms with E-state index >= 15 is 0 Å². The van der Waals surface area contributed by atoms with E-state index in [0.29, 0.717) is 18.1 Å².